The van der Waals surface area contributed by atoms with Crippen molar-refractivity contribution in [3.63, 3.8) is 0 Å². The lowest BCUT2D eigenvalue weighted by molar-refractivity contribution is -0.251. The van der Waals surface area contributed by atoms with Gasteiger partial charge in [-0.25, -0.2) is 0 Å². The number of aliphatic carboxylic acids is 1. The topological polar surface area (TPSA) is 113 Å². The molecule has 8 heteroatoms. The van der Waals surface area contributed by atoms with Crippen LogP contribution in [0.1, 0.15) is 178 Å². The molecule has 7 aliphatic carbocycles. The summed E-state index contributed by atoms with van der Waals surface area (Å²) in [6.07, 6.45) is 17.2. The van der Waals surface area contributed by atoms with Crippen LogP contribution in [0.15, 0.2) is 0 Å². The maximum atomic E-state index is 15.2. The Kier molecular flexibility index (Phi) is 9.81. The van der Waals surface area contributed by atoms with Crippen molar-refractivity contribution < 1.29 is 29.0 Å². The van der Waals surface area contributed by atoms with Gasteiger partial charge in [0.05, 0.1) is 17.3 Å². The van der Waals surface area contributed by atoms with Crippen LogP contribution in [-0.4, -0.2) is 59.0 Å². The minimum Gasteiger partial charge on any atom is -0.481 e. The van der Waals surface area contributed by atoms with E-state index in [2.05, 4.69) is 65.6 Å². The van der Waals surface area contributed by atoms with Crippen molar-refractivity contribution in [1.82, 2.24) is 10.2 Å². The Bertz CT molecular complexity index is 1660. The second kappa shape index (κ2) is 13.4. The van der Waals surface area contributed by atoms with E-state index in [0.29, 0.717) is 46.8 Å². The van der Waals surface area contributed by atoms with Crippen LogP contribution >= 0.6 is 0 Å². The highest BCUT2D eigenvalue weighted by molar-refractivity contribution is 5.86. The molecule has 8 fully saturated rings. The number of esters is 1. The Hall–Kier alpha value is -2.12. The smallest absolute Gasteiger partial charge is 0.309 e. The number of hydrogen-bond donors (Lipinski definition) is 2. The van der Waals surface area contributed by atoms with Gasteiger partial charge in [0.2, 0.25) is 11.8 Å². The van der Waals surface area contributed by atoms with Gasteiger partial charge in [0.1, 0.15) is 6.10 Å². The van der Waals surface area contributed by atoms with Crippen molar-refractivity contribution >= 4 is 23.8 Å². The predicted molar refractivity (Wildman–Crippen MR) is 222 cm³/mol. The van der Waals surface area contributed by atoms with Crippen molar-refractivity contribution in [2.75, 3.05) is 13.1 Å². The molecule has 8 aliphatic rings. The van der Waals surface area contributed by atoms with Gasteiger partial charge in [-0.3, -0.25) is 19.2 Å². The zero-order valence-electron chi connectivity index (χ0n) is 37.5. The number of amides is 2. The third-order valence-electron chi connectivity index (χ3n) is 20.7. The number of hydrogen-bond acceptors (Lipinski definition) is 5. The lowest BCUT2D eigenvalue weighted by Gasteiger charge is -2.73. The number of nitrogens with one attached hydrogen (secondary N) is 1. The van der Waals surface area contributed by atoms with Gasteiger partial charge in [-0.1, -0.05) is 55.4 Å². The molecule has 0 aromatic heterocycles. The van der Waals surface area contributed by atoms with E-state index < -0.39 is 17.4 Å². The van der Waals surface area contributed by atoms with Crippen molar-refractivity contribution in [3.8, 4) is 0 Å². The van der Waals surface area contributed by atoms with Crippen LogP contribution in [0.3, 0.4) is 0 Å². The van der Waals surface area contributed by atoms with Crippen molar-refractivity contribution in [2.24, 2.45) is 78.8 Å². The van der Waals surface area contributed by atoms with E-state index in [-0.39, 0.29) is 57.0 Å². The summed E-state index contributed by atoms with van der Waals surface area (Å²) in [6.45, 7) is 24.5. The van der Waals surface area contributed by atoms with E-state index in [1.165, 1.54) is 38.5 Å². The molecule has 0 bridgehead atoms. The molecule has 1 aliphatic heterocycles. The fraction of sp³-hybridized carbons (Fsp3) is 0.918. The van der Waals surface area contributed by atoms with Crippen LogP contribution in [0, 0.1) is 78.8 Å². The van der Waals surface area contributed by atoms with Crippen LogP contribution < -0.4 is 5.32 Å². The Morgan fingerprint density at radius 3 is 2.04 bits per heavy atom. The molecule has 2 N–H and O–H groups in total. The number of piperidine rings is 1. The summed E-state index contributed by atoms with van der Waals surface area (Å²) in [7, 11) is 0. The van der Waals surface area contributed by atoms with Crippen LogP contribution in [0.2, 0.25) is 0 Å². The quantitative estimate of drug-likeness (QED) is 0.237. The maximum Gasteiger partial charge on any atom is 0.309 e. The SMILES string of the molecule is CC(C)(CC(=O)O[C@H]1CC[C@]2(C)[C@H]3CC[C@@H]4[C@H]5[C@H](C6(C)CC6)CC[C@]5(C(=O)NC5CC(C(=O)N6CCCCC6)C5(C)C)CC[C@@]4(C)[C@]3(C)CC[C@H]2C1(C)C)C(=O)O. The first-order chi connectivity index (χ1) is 26.5. The summed E-state index contributed by atoms with van der Waals surface area (Å²) in [5.74, 6) is 1.75. The van der Waals surface area contributed by atoms with Crippen LogP contribution in [-0.2, 0) is 23.9 Å². The van der Waals surface area contributed by atoms with Crippen molar-refractivity contribution in [2.45, 2.75) is 191 Å². The van der Waals surface area contributed by atoms with E-state index in [9.17, 15) is 19.5 Å². The average molecular weight is 791 g/mol. The lowest BCUT2D eigenvalue weighted by Crippen LogP contribution is -2.68. The summed E-state index contributed by atoms with van der Waals surface area (Å²) < 4.78 is 6.22. The first-order valence-electron chi connectivity index (χ1n) is 23.5. The number of likely N-dealkylation sites (tertiary alicyclic amines) is 1. The van der Waals surface area contributed by atoms with Gasteiger partial charge in [-0.15, -0.1) is 0 Å². The predicted octanol–water partition coefficient (Wildman–Crippen LogP) is 9.82. The molecule has 2 unspecified atom stereocenters. The third kappa shape index (κ3) is 6.05. The van der Waals surface area contributed by atoms with Gasteiger partial charge >= 0.3 is 11.9 Å². The van der Waals surface area contributed by atoms with E-state index >= 15 is 4.79 Å². The van der Waals surface area contributed by atoms with Gasteiger partial charge in [-0.2, -0.15) is 0 Å². The summed E-state index contributed by atoms with van der Waals surface area (Å²) >= 11 is 0. The van der Waals surface area contributed by atoms with Gasteiger partial charge in [-0.05, 0) is 173 Å². The Morgan fingerprint density at radius 2 is 1.40 bits per heavy atom. The molecular formula is C49H78N2O6. The average Bonchev–Trinajstić information content (AvgIpc) is 3.75. The highest BCUT2D eigenvalue weighted by atomic mass is 16.5. The molecule has 0 radical (unpaired) electrons. The van der Waals surface area contributed by atoms with E-state index in [0.717, 1.165) is 77.3 Å². The molecule has 8 rings (SSSR count). The molecule has 0 spiro atoms. The number of carbonyl (C=O) groups is 4. The molecule has 320 valence electrons. The fourth-order valence-corrected chi connectivity index (χ4v) is 16.4. The minimum atomic E-state index is -1.15. The Labute approximate surface area is 344 Å². The molecule has 8 nitrogen and oxygen atoms in total. The van der Waals surface area contributed by atoms with Gasteiger partial charge in [0.25, 0.3) is 0 Å². The number of rotatable bonds is 8. The number of ether oxygens (including phenoxy) is 1. The second-order valence-electron chi connectivity index (χ2n) is 24.4. The zero-order chi connectivity index (χ0) is 41.4. The molecule has 2 amide bonds. The summed E-state index contributed by atoms with van der Waals surface area (Å²) in [5.41, 5.74) is -1.14. The largest absolute Gasteiger partial charge is 0.481 e. The zero-order valence-corrected chi connectivity index (χ0v) is 37.5. The van der Waals surface area contributed by atoms with Gasteiger partial charge < -0.3 is 20.1 Å². The molecule has 7 saturated carbocycles. The van der Waals surface area contributed by atoms with Crippen LogP contribution in [0.25, 0.3) is 0 Å². The van der Waals surface area contributed by atoms with Crippen LogP contribution in [0.5, 0.6) is 0 Å². The summed E-state index contributed by atoms with van der Waals surface area (Å²) in [6, 6.07) is 0.0486. The molecule has 0 aromatic carbocycles. The minimum absolute atomic E-state index is 0.00607. The molecule has 12 atom stereocenters. The Morgan fingerprint density at radius 1 is 0.719 bits per heavy atom. The summed E-state index contributed by atoms with van der Waals surface area (Å²) in [4.78, 5) is 55.9. The van der Waals surface area contributed by atoms with Gasteiger partial charge in [0, 0.05) is 30.5 Å². The van der Waals surface area contributed by atoms with Crippen LogP contribution in [0.4, 0.5) is 0 Å². The highest BCUT2D eigenvalue weighted by Crippen LogP contribution is 2.79. The molecule has 57 heavy (non-hydrogen) atoms. The maximum absolute atomic E-state index is 15.2. The number of carboxylic acid groups (broad SMARTS) is 1. The number of fused-ring (bicyclic) bond motifs is 7. The lowest BCUT2D eigenvalue weighted by atomic mass is 9.32. The highest BCUT2D eigenvalue weighted by Gasteiger charge is 2.74. The third-order valence-corrected chi connectivity index (χ3v) is 20.7. The normalized spacial score (nSPS) is 45.2. The van der Waals surface area contributed by atoms with E-state index in [1.807, 2.05) is 0 Å². The monoisotopic (exact) mass is 791 g/mol. The number of nitrogens with zero attached hydrogens (tertiary/aromatic N) is 1. The molecule has 1 heterocycles. The van der Waals surface area contributed by atoms with Gasteiger partial charge in [0.15, 0.2) is 0 Å². The summed E-state index contributed by atoms with van der Waals surface area (Å²) in [5, 5.41) is 13.4. The first kappa shape index (κ1) is 41.6. The fourth-order valence-electron chi connectivity index (χ4n) is 16.4. The Balaban J connectivity index is 1.02. The number of carbonyl (C=O) groups excluding carboxylic acids is 3. The standard InChI is InChI=1S/C49H78N2O6/c1-42(2,41(55)56)29-37(52)57-36-18-19-46(8)33(44(36,5)6)17-20-48(10)34(46)15-14-31-38-30(45(7)22-23-45)16-21-49(38,25-24-47(31,48)9)40(54)50-35-28-32(43(35,3)4)39(53)51-26-12-11-13-27-51/h30-36,38H,11-29H2,1-10H3,(H,50,54)(H,55,56)/t30-,31-,32?,33+,34-,35?,36+,38-,46+,47-,48-,49+/m1/s1. The molecule has 0 aromatic rings. The van der Waals surface area contributed by atoms with E-state index in [1.54, 1.807) is 13.8 Å². The first-order valence-corrected chi connectivity index (χ1v) is 23.5. The molecule has 1 saturated heterocycles. The van der Waals surface area contributed by atoms with Crippen molar-refractivity contribution in [3.05, 3.63) is 0 Å². The van der Waals surface area contributed by atoms with E-state index in [4.69, 9.17) is 4.74 Å². The number of carboxylic acids is 1. The molecular weight excluding hydrogens is 713 g/mol. The second-order valence-corrected chi connectivity index (χ2v) is 24.4. The van der Waals surface area contributed by atoms with Crippen molar-refractivity contribution in [1.29, 1.82) is 0 Å².